The Morgan fingerprint density at radius 3 is 2.18 bits per heavy atom. The average Bonchev–Trinajstić information content (AvgIpc) is 2.65. The van der Waals surface area contributed by atoms with Crippen molar-refractivity contribution in [1.82, 2.24) is 0 Å². The normalized spacial score (nSPS) is 12.6. The van der Waals surface area contributed by atoms with Crippen LogP contribution in [-0.4, -0.2) is 8.42 Å². The lowest BCUT2D eigenvalue weighted by Gasteiger charge is -2.31. The van der Waals surface area contributed by atoms with Crippen LogP contribution in [0.25, 0.3) is 0 Å². The van der Waals surface area contributed by atoms with Crippen LogP contribution in [0.5, 0.6) is 0 Å². The zero-order chi connectivity index (χ0) is 20.5. The Morgan fingerprint density at radius 1 is 0.893 bits per heavy atom. The molecule has 0 aliphatic heterocycles. The molecule has 3 aromatic rings. The molecule has 3 aromatic carbocycles. The summed E-state index contributed by atoms with van der Waals surface area (Å²) in [5.41, 5.74) is 0.134. The highest BCUT2D eigenvalue weighted by atomic mass is 35.5. The predicted octanol–water partition coefficient (Wildman–Crippen LogP) is 5.71. The molecule has 0 bridgehead atoms. The molecular formula is C20H15ClF3NO2S. The van der Waals surface area contributed by atoms with Gasteiger partial charge in [0.05, 0.1) is 11.7 Å². The summed E-state index contributed by atoms with van der Waals surface area (Å²) in [6.07, 6.45) is 0. The summed E-state index contributed by atoms with van der Waals surface area (Å²) in [7, 11) is -4.50. The lowest BCUT2D eigenvalue weighted by atomic mass is 10.1. The molecule has 0 fully saturated rings. The van der Waals surface area contributed by atoms with Crippen LogP contribution in [0.2, 0.25) is 5.02 Å². The Balaban J connectivity index is 2.23. The van der Waals surface area contributed by atoms with E-state index in [9.17, 15) is 21.6 Å². The molecule has 0 radical (unpaired) electrons. The molecular weight excluding hydrogens is 411 g/mol. The van der Waals surface area contributed by atoms with Crippen molar-refractivity contribution >= 4 is 27.3 Å². The Kier molecular flexibility index (Phi) is 5.67. The van der Waals surface area contributed by atoms with Crippen molar-refractivity contribution in [3.05, 3.63) is 94.8 Å². The first kappa shape index (κ1) is 20.2. The van der Waals surface area contributed by atoms with Gasteiger partial charge in [0.2, 0.25) is 0 Å². The SMILES string of the molecule is CC(c1ccccc1F)N(c1ccc(F)cc1)S(=O)(=O)c1cc(Cl)ccc1F. The standard InChI is InChI=1S/C20H15ClF3NO2S/c1-13(17-4-2-3-5-18(17)23)25(16-9-7-15(22)8-10-16)28(26,27)20-12-14(21)6-11-19(20)24/h2-13H,1H3. The monoisotopic (exact) mass is 425 g/mol. The second-order valence-electron chi connectivity index (χ2n) is 6.05. The zero-order valence-corrected chi connectivity index (χ0v) is 16.2. The van der Waals surface area contributed by atoms with E-state index in [0.717, 1.165) is 28.6 Å². The molecule has 0 aromatic heterocycles. The van der Waals surface area contributed by atoms with Gasteiger partial charge < -0.3 is 0 Å². The average molecular weight is 426 g/mol. The summed E-state index contributed by atoms with van der Waals surface area (Å²) in [5, 5.41) is 0.0255. The van der Waals surface area contributed by atoms with Crippen LogP contribution in [-0.2, 0) is 10.0 Å². The molecule has 3 rings (SSSR count). The number of hydrogen-bond donors (Lipinski definition) is 0. The Labute approximate surface area is 166 Å². The molecule has 0 amide bonds. The van der Waals surface area contributed by atoms with Gasteiger partial charge in [-0.3, -0.25) is 4.31 Å². The quantitative estimate of drug-likeness (QED) is 0.524. The maximum atomic E-state index is 14.4. The van der Waals surface area contributed by atoms with Gasteiger partial charge in [-0.05, 0) is 55.5 Å². The minimum Gasteiger partial charge on any atom is -0.259 e. The van der Waals surface area contributed by atoms with Gasteiger partial charge in [0.25, 0.3) is 10.0 Å². The molecule has 0 aliphatic rings. The minimum absolute atomic E-state index is 0.0255. The van der Waals surface area contributed by atoms with Crippen LogP contribution >= 0.6 is 11.6 Å². The van der Waals surface area contributed by atoms with Crippen molar-refractivity contribution in [1.29, 1.82) is 0 Å². The second kappa shape index (κ2) is 7.85. The van der Waals surface area contributed by atoms with Crippen molar-refractivity contribution in [2.45, 2.75) is 17.9 Å². The van der Waals surface area contributed by atoms with Crippen LogP contribution in [0.15, 0.2) is 71.6 Å². The smallest absolute Gasteiger partial charge is 0.259 e. The third kappa shape index (κ3) is 3.86. The summed E-state index contributed by atoms with van der Waals surface area (Å²) in [6, 6.07) is 12.3. The highest BCUT2D eigenvalue weighted by Gasteiger charge is 2.33. The molecule has 0 aliphatic carbocycles. The summed E-state index contributed by atoms with van der Waals surface area (Å²) in [5.74, 6) is -2.20. The first-order valence-corrected chi connectivity index (χ1v) is 10.0. The van der Waals surface area contributed by atoms with E-state index in [-0.39, 0.29) is 16.3 Å². The van der Waals surface area contributed by atoms with E-state index in [2.05, 4.69) is 0 Å². The van der Waals surface area contributed by atoms with Gasteiger partial charge >= 0.3 is 0 Å². The molecule has 3 nitrogen and oxygen atoms in total. The highest BCUT2D eigenvalue weighted by molar-refractivity contribution is 7.92. The van der Waals surface area contributed by atoms with Crippen LogP contribution in [0.4, 0.5) is 18.9 Å². The van der Waals surface area contributed by atoms with Gasteiger partial charge in [-0.2, -0.15) is 0 Å². The van der Waals surface area contributed by atoms with E-state index in [4.69, 9.17) is 11.6 Å². The van der Waals surface area contributed by atoms with Crippen LogP contribution in [0.1, 0.15) is 18.5 Å². The molecule has 0 heterocycles. The van der Waals surface area contributed by atoms with Crippen molar-refractivity contribution in [3.8, 4) is 0 Å². The number of nitrogens with zero attached hydrogens (tertiary/aromatic N) is 1. The molecule has 8 heteroatoms. The van der Waals surface area contributed by atoms with Crippen molar-refractivity contribution in [2.24, 2.45) is 0 Å². The van der Waals surface area contributed by atoms with Crippen LogP contribution in [0.3, 0.4) is 0 Å². The topological polar surface area (TPSA) is 37.4 Å². The molecule has 0 saturated heterocycles. The first-order valence-electron chi connectivity index (χ1n) is 8.21. The fourth-order valence-corrected chi connectivity index (χ4v) is 4.85. The minimum atomic E-state index is -4.50. The maximum absolute atomic E-state index is 14.4. The fourth-order valence-electron chi connectivity index (χ4n) is 2.88. The predicted molar refractivity (Wildman–Crippen MR) is 102 cm³/mol. The van der Waals surface area contributed by atoms with Gasteiger partial charge in [-0.25, -0.2) is 21.6 Å². The van der Waals surface area contributed by atoms with Crippen molar-refractivity contribution in [2.75, 3.05) is 4.31 Å². The lowest BCUT2D eigenvalue weighted by molar-refractivity contribution is 0.552. The van der Waals surface area contributed by atoms with E-state index < -0.39 is 38.4 Å². The molecule has 1 unspecified atom stereocenters. The molecule has 0 N–H and O–H groups in total. The molecule has 28 heavy (non-hydrogen) atoms. The number of anilines is 1. The summed E-state index contributed by atoms with van der Waals surface area (Å²) >= 11 is 5.86. The number of halogens is 4. The van der Waals surface area contributed by atoms with E-state index in [0.29, 0.717) is 0 Å². The third-order valence-corrected chi connectivity index (χ3v) is 6.37. The fraction of sp³-hybridized carbons (Fsp3) is 0.100. The van der Waals surface area contributed by atoms with E-state index in [1.807, 2.05) is 0 Å². The van der Waals surface area contributed by atoms with Crippen molar-refractivity contribution < 1.29 is 21.6 Å². The van der Waals surface area contributed by atoms with Gasteiger partial charge in [-0.1, -0.05) is 29.8 Å². The van der Waals surface area contributed by atoms with Gasteiger partial charge in [-0.15, -0.1) is 0 Å². The summed E-state index contributed by atoms with van der Waals surface area (Å²) in [6.45, 7) is 1.46. The first-order chi connectivity index (χ1) is 13.2. The van der Waals surface area contributed by atoms with Crippen LogP contribution < -0.4 is 4.31 Å². The summed E-state index contributed by atoms with van der Waals surface area (Å²) in [4.78, 5) is -0.660. The van der Waals surface area contributed by atoms with E-state index in [1.54, 1.807) is 6.07 Å². The van der Waals surface area contributed by atoms with Gasteiger partial charge in [0, 0.05) is 10.6 Å². The maximum Gasteiger partial charge on any atom is 0.267 e. The Bertz CT molecular complexity index is 1100. The van der Waals surface area contributed by atoms with Gasteiger partial charge in [0.15, 0.2) is 0 Å². The summed E-state index contributed by atoms with van der Waals surface area (Å²) < 4.78 is 69.6. The number of benzene rings is 3. The van der Waals surface area contributed by atoms with Crippen LogP contribution in [0, 0.1) is 17.5 Å². The van der Waals surface area contributed by atoms with E-state index in [1.165, 1.54) is 43.3 Å². The van der Waals surface area contributed by atoms with Crippen molar-refractivity contribution in [3.63, 3.8) is 0 Å². The number of sulfonamides is 1. The molecule has 146 valence electrons. The van der Waals surface area contributed by atoms with E-state index >= 15 is 0 Å². The number of hydrogen-bond acceptors (Lipinski definition) is 2. The van der Waals surface area contributed by atoms with Gasteiger partial charge in [0.1, 0.15) is 22.3 Å². The number of rotatable bonds is 5. The molecule has 0 spiro atoms. The third-order valence-electron chi connectivity index (χ3n) is 4.22. The molecule has 1 atom stereocenters. The Hall–Kier alpha value is -2.51. The second-order valence-corrected chi connectivity index (χ2v) is 8.27. The zero-order valence-electron chi connectivity index (χ0n) is 14.6. The molecule has 0 saturated carbocycles. The largest absolute Gasteiger partial charge is 0.267 e. The lowest BCUT2D eigenvalue weighted by Crippen LogP contribution is -2.34. The Morgan fingerprint density at radius 2 is 1.54 bits per heavy atom. The highest BCUT2D eigenvalue weighted by Crippen LogP contribution is 2.35.